The molecule has 2 unspecified atom stereocenters. The van der Waals surface area contributed by atoms with Crippen LogP contribution in [0.4, 0.5) is 0 Å². The molecule has 0 aromatic rings. The first-order valence-electron chi connectivity index (χ1n) is 6.32. The molecule has 2 fully saturated rings. The van der Waals surface area contributed by atoms with Gasteiger partial charge in [-0.1, -0.05) is 0 Å². The van der Waals surface area contributed by atoms with Gasteiger partial charge >= 0.3 is 5.97 Å². The van der Waals surface area contributed by atoms with Gasteiger partial charge in [0.15, 0.2) is 0 Å². The Hall–Kier alpha value is -0.610. The predicted molar refractivity (Wildman–Crippen MR) is 62.5 cm³/mol. The van der Waals surface area contributed by atoms with Crippen LogP contribution in [0, 0.1) is 0 Å². The van der Waals surface area contributed by atoms with Crippen molar-refractivity contribution in [2.75, 3.05) is 19.6 Å². The van der Waals surface area contributed by atoms with Crippen molar-refractivity contribution in [2.45, 2.75) is 51.2 Å². The third-order valence-electron chi connectivity index (χ3n) is 3.97. The zero-order chi connectivity index (χ0) is 11.7. The second kappa shape index (κ2) is 4.72. The summed E-state index contributed by atoms with van der Waals surface area (Å²) in [5.41, 5.74) is 0. The van der Waals surface area contributed by atoms with Gasteiger partial charge in [-0.05, 0) is 39.7 Å². The van der Waals surface area contributed by atoms with E-state index in [0.717, 1.165) is 38.9 Å². The van der Waals surface area contributed by atoms with Gasteiger partial charge in [0, 0.05) is 25.2 Å². The molecule has 0 radical (unpaired) electrons. The zero-order valence-electron chi connectivity index (χ0n) is 10.2. The summed E-state index contributed by atoms with van der Waals surface area (Å²) in [4.78, 5) is 15.8. The summed E-state index contributed by atoms with van der Waals surface area (Å²) in [6.45, 7) is 7.54. The number of hydrogen-bond acceptors (Lipinski definition) is 3. The average Bonchev–Trinajstić information content (AvgIpc) is 2.86. The Morgan fingerprint density at radius 2 is 2.06 bits per heavy atom. The van der Waals surface area contributed by atoms with Crippen molar-refractivity contribution >= 4 is 5.97 Å². The van der Waals surface area contributed by atoms with Gasteiger partial charge < -0.3 is 5.11 Å². The quantitative estimate of drug-likeness (QED) is 0.780. The molecule has 0 aromatic carbocycles. The van der Waals surface area contributed by atoms with Crippen LogP contribution in [0.5, 0.6) is 0 Å². The molecular formula is C12H22N2O2. The SMILES string of the molecule is CC(C)N1CCC(N2CCCC2C(=O)O)C1. The number of nitrogens with zero attached hydrogens (tertiary/aromatic N) is 2. The minimum atomic E-state index is -0.638. The molecule has 2 aliphatic heterocycles. The van der Waals surface area contributed by atoms with E-state index in [9.17, 15) is 4.79 Å². The lowest BCUT2D eigenvalue weighted by Crippen LogP contribution is -2.45. The molecule has 92 valence electrons. The molecule has 2 atom stereocenters. The summed E-state index contributed by atoms with van der Waals surface area (Å²) in [6.07, 6.45) is 2.99. The standard InChI is InChI=1S/C12H22N2O2/c1-9(2)13-7-5-10(8-13)14-6-3-4-11(14)12(15)16/h9-11H,3-8H2,1-2H3,(H,15,16). The highest BCUT2D eigenvalue weighted by Gasteiger charge is 2.38. The van der Waals surface area contributed by atoms with Gasteiger partial charge in [-0.25, -0.2) is 0 Å². The van der Waals surface area contributed by atoms with Crippen LogP contribution < -0.4 is 0 Å². The number of aliphatic carboxylic acids is 1. The van der Waals surface area contributed by atoms with Crippen LogP contribution in [-0.2, 0) is 4.79 Å². The Labute approximate surface area is 97.2 Å². The third-order valence-corrected chi connectivity index (χ3v) is 3.97. The Morgan fingerprint density at radius 1 is 1.31 bits per heavy atom. The molecule has 0 aliphatic carbocycles. The Kier molecular flexibility index (Phi) is 3.50. The average molecular weight is 226 g/mol. The molecule has 0 saturated carbocycles. The van der Waals surface area contributed by atoms with E-state index in [1.165, 1.54) is 0 Å². The number of likely N-dealkylation sites (tertiary alicyclic amines) is 2. The summed E-state index contributed by atoms with van der Waals surface area (Å²) in [5.74, 6) is -0.638. The monoisotopic (exact) mass is 226 g/mol. The molecule has 2 saturated heterocycles. The number of carbonyl (C=O) groups is 1. The molecule has 1 N–H and O–H groups in total. The molecule has 2 rings (SSSR count). The van der Waals surface area contributed by atoms with Gasteiger partial charge in [0.05, 0.1) is 0 Å². The first kappa shape index (κ1) is 11.9. The highest BCUT2D eigenvalue weighted by molar-refractivity contribution is 5.73. The summed E-state index contributed by atoms with van der Waals surface area (Å²) in [5, 5.41) is 9.16. The predicted octanol–water partition coefficient (Wildman–Crippen LogP) is 1.02. The molecule has 4 heteroatoms. The lowest BCUT2D eigenvalue weighted by molar-refractivity contribution is -0.142. The molecule has 0 bridgehead atoms. The number of hydrogen-bond donors (Lipinski definition) is 1. The molecule has 2 aliphatic rings. The molecule has 0 amide bonds. The lowest BCUT2D eigenvalue weighted by Gasteiger charge is -2.28. The van der Waals surface area contributed by atoms with Crippen molar-refractivity contribution in [1.82, 2.24) is 9.80 Å². The normalized spacial score (nSPS) is 32.7. The molecule has 0 aromatic heterocycles. The number of carboxylic acid groups (broad SMARTS) is 1. The van der Waals surface area contributed by atoms with Crippen LogP contribution in [0.15, 0.2) is 0 Å². The van der Waals surface area contributed by atoms with Crippen molar-refractivity contribution in [3.05, 3.63) is 0 Å². The van der Waals surface area contributed by atoms with Crippen LogP contribution in [0.1, 0.15) is 33.1 Å². The van der Waals surface area contributed by atoms with Crippen molar-refractivity contribution in [3.63, 3.8) is 0 Å². The fourth-order valence-corrected chi connectivity index (χ4v) is 3.00. The van der Waals surface area contributed by atoms with Crippen molar-refractivity contribution < 1.29 is 9.90 Å². The summed E-state index contributed by atoms with van der Waals surface area (Å²) < 4.78 is 0. The van der Waals surface area contributed by atoms with Crippen LogP contribution in [0.2, 0.25) is 0 Å². The van der Waals surface area contributed by atoms with E-state index >= 15 is 0 Å². The molecule has 4 nitrogen and oxygen atoms in total. The maximum Gasteiger partial charge on any atom is 0.320 e. The van der Waals surface area contributed by atoms with Crippen LogP contribution in [-0.4, -0.2) is 58.6 Å². The molecule has 2 heterocycles. The van der Waals surface area contributed by atoms with Crippen molar-refractivity contribution in [1.29, 1.82) is 0 Å². The number of carboxylic acids is 1. The van der Waals surface area contributed by atoms with E-state index in [1.54, 1.807) is 0 Å². The first-order valence-corrected chi connectivity index (χ1v) is 6.32. The van der Waals surface area contributed by atoms with Crippen molar-refractivity contribution in [2.24, 2.45) is 0 Å². The van der Waals surface area contributed by atoms with Crippen LogP contribution >= 0.6 is 0 Å². The maximum atomic E-state index is 11.1. The first-order chi connectivity index (χ1) is 7.59. The lowest BCUT2D eigenvalue weighted by atomic mass is 10.1. The fraction of sp³-hybridized carbons (Fsp3) is 0.917. The topological polar surface area (TPSA) is 43.8 Å². The Morgan fingerprint density at radius 3 is 2.62 bits per heavy atom. The second-order valence-corrected chi connectivity index (χ2v) is 5.27. The minimum absolute atomic E-state index is 0.225. The summed E-state index contributed by atoms with van der Waals surface area (Å²) >= 11 is 0. The third kappa shape index (κ3) is 2.23. The van der Waals surface area contributed by atoms with E-state index in [2.05, 4.69) is 23.6 Å². The van der Waals surface area contributed by atoms with Gasteiger partial charge in [-0.2, -0.15) is 0 Å². The maximum absolute atomic E-state index is 11.1. The van der Waals surface area contributed by atoms with Gasteiger partial charge in [0.1, 0.15) is 6.04 Å². The number of rotatable bonds is 3. The minimum Gasteiger partial charge on any atom is -0.480 e. The van der Waals surface area contributed by atoms with Gasteiger partial charge in [-0.3, -0.25) is 14.6 Å². The molecular weight excluding hydrogens is 204 g/mol. The highest BCUT2D eigenvalue weighted by atomic mass is 16.4. The van der Waals surface area contributed by atoms with E-state index in [-0.39, 0.29) is 6.04 Å². The Bertz CT molecular complexity index is 268. The van der Waals surface area contributed by atoms with Gasteiger partial charge in [0.2, 0.25) is 0 Å². The highest BCUT2D eigenvalue weighted by Crippen LogP contribution is 2.26. The van der Waals surface area contributed by atoms with Gasteiger partial charge in [-0.15, -0.1) is 0 Å². The summed E-state index contributed by atoms with van der Waals surface area (Å²) in [7, 11) is 0. The zero-order valence-corrected chi connectivity index (χ0v) is 10.2. The van der Waals surface area contributed by atoms with Crippen molar-refractivity contribution in [3.8, 4) is 0 Å². The van der Waals surface area contributed by atoms with Crippen LogP contribution in [0.25, 0.3) is 0 Å². The largest absolute Gasteiger partial charge is 0.480 e. The van der Waals surface area contributed by atoms with E-state index in [0.29, 0.717) is 12.1 Å². The second-order valence-electron chi connectivity index (χ2n) is 5.27. The molecule has 0 spiro atoms. The summed E-state index contributed by atoms with van der Waals surface area (Å²) in [6, 6.07) is 0.819. The fourth-order valence-electron chi connectivity index (χ4n) is 3.00. The Balaban J connectivity index is 1.96. The van der Waals surface area contributed by atoms with E-state index in [1.807, 2.05) is 0 Å². The van der Waals surface area contributed by atoms with E-state index < -0.39 is 5.97 Å². The van der Waals surface area contributed by atoms with E-state index in [4.69, 9.17) is 5.11 Å². The van der Waals surface area contributed by atoms with Gasteiger partial charge in [0.25, 0.3) is 0 Å². The smallest absolute Gasteiger partial charge is 0.320 e. The molecule has 16 heavy (non-hydrogen) atoms. The van der Waals surface area contributed by atoms with Crippen LogP contribution in [0.3, 0.4) is 0 Å².